The number of benzene rings is 2. The van der Waals surface area contributed by atoms with Gasteiger partial charge in [-0.05, 0) is 59.4 Å². The van der Waals surface area contributed by atoms with Crippen LogP contribution in [0.3, 0.4) is 0 Å². The Labute approximate surface area is 284 Å². The summed E-state index contributed by atoms with van der Waals surface area (Å²) in [6, 6.07) is 11.0. The van der Waals surface area contributed by atoms with Crippen LogP contribution in [0.5, 0.6) is 17.6 Å². The molecule has 0 aliphatic heterocycles. The highest BCUT2D eigenvalue weighted by molar-refractivity contribution is 6.42. The van der Waals surface area contributed by atoms with Gasteiger partial charge in [-0.3, -0.25) is 14.6 Å². The highest BCUT2D eigenvalue weighted by atomic mass is 35.5. The van der Waals surface area contributed by atoms with Gasteiger partial charge in [0, 0.05) is 19.0 Å². The maximum atomic E-state index is 13.9. The van der Waals surface area contributed by atoms with E-state index < -0.39 is 17.6 Å². The molecule has 4 aromatic rings. The van der Waals surface area contributed by atoms with E-state index in [0.29, 0.717) is 18.6 Å². The Balaban J connectivity index is 1.64. The first-order valence-corrected chi connectivity index (χ1v) is 16.3. The summed E-state index contributed by atoms with van der Waals surface area (Å²) in [6.07, 6.45) is 2.45. The van der Waals surface area contributed by atoms with Crippen molar-refractivity contribution < 1.29 is 23.8 Å². The fraction of sp³-hybridized carbons (Fsp3) is 0.429. The van der Waals surface area contributed by atoms with E-state index in [1.807, 2.05) is 6.07 Å². The van der Waals surface area contributed by atoms with Gasteiger partial charge in [-0.15, -0.1) is 0 Å². The first-order valence-electron chi connectivity index (χ1n) is 15.6. The van der Waals surface area contributed by atoms with Crippen molar-refractivity contribution in [3.8, 4) is 28.8 Å². The fourth-order valence-electron chi connectivity index (χ4n) is 5.11. The Bertz CT molecular complexity index is 1860. The van der Waals surface area contributed by atoms with Gasteiger partial charge in [-0.1, -0.05) is 82.9 Å². The summed E-state index contributed by atoms with van der Waals surface area (Å²) in [5.74, 6) is -0.639. The van der Waals surface area contributed by atoms with Crippen LogP contribution in [0.15, 0.2) is 41.2 Å². The maximum absolute atomic E-state index is 13.9. The third-order valence-electron chi connectivity index (χ3n) is 8.72. The minimum atomic E-state index is -0.726. The molecule has 2 aromatic heterocycles. The molecule has 0 fully saturated rings. The lowest BCUT2D eigenvalue weighted by molar-refractivity contribution is -0.132. The molecular formula is C35H42Cl2N4O6. The normalized spacial score (nSPS) is 11.9. The van der Waals surface area contributed by atoms with Gasteiger partial charge in [-0.25, -0.2) is 9.20 Å². The third-order valence-corrected chi connectivity index (χ3v) is 9.46. The molecule has 12 heteroatoms. The summed E-state index contributed by atoms with van der Waals surface area (Å²) < 4.78 is 18.0. The maximum Gasteiger partial charge on any atom is 0.338 e. The van der Waals surface area contributed by atoms with E-state index in [-0.39, 0.29) is 56.1 Å². The van der Waals surface area contributed by atoms with Crippen molar-refractivity contribution in [2.75, 3.05) is 20.3 Å². The second-order valence-corrected chi connectivity index (χ2v) is 13.4. The second-order valence-electron chi connectivity index (χ2n) is 12.6. The molecule has 0 aliphatic rings. The number of carbonyl (C=O) groups excluding carboxylic acids is 2. The van der Waals surface area contributed by atoms with Crippen molar-refractivity contribution in [1.29, 1.82) is 0 Å². The van der Waals surface area contributed by atoms with Gasteiger partial charge < -0.3 is 19.5 Å². The quantitative estimate of drug-likeness (QED) is 0.110. The number of nitrogens with one attached hydrogen (secondary N) is 2. The zero-order valence-corrected chi connectivity index (χ0v) is 29.6. The zero-order valence-electron chi connectivity index (χ0n) is 28.1. The van der Waals surface area contributed by atoms with E-state index >= 15 is 0 Å². The van der Waals surface area contributed by atoms with Gasteiger partial charge in [-0.2, -0.15) is 4.98 Å². The Morgan fingerprint density at radius 3 is 2.32 bits per heavy atom. The van der Waals surface area contributed by atoms with E-state index in [1.165, 1.54) is 25.7 Å². The highest BCUT2D eigenvalue weighted by Crippen LogP contribution is 2.41. The van der Waals surface area contributed by atoms with Crippen LogP contribution in [0.2, 0.25) is 10.0 Å². The third kappa shape index (κ3) is 7.60. The molecule has 0 aliphatic carbocycles. The Hall–Kier alpha value is -4.02. The highest BCUT2D eigenvalue weighted by Gasteiger charge is 2.31. The van der Waals surface area contributed by atoms with Crippen molar-refractivity contribution in [2.24, 2.45) is 0 Å². The first-order chi connectivity index (χ1) is 22.1. The number of carbonyl (C=O) groups is 2. The number of aromatic amines is 1. The predicted molar refractivity (Wildman–Crippen MR) is 185 cm³/mol. The monoisotopic (exact) mass is 684 g/mol. The molecule has 1 amide bonds. The summed E-state index contributed by atoms with van der Waals surface area (Å²) >= 11 is 12.5. The van der Waals surface area contributed by atoms with Crippen molar-refractivity contribution in [2.45, 2.75) is 78.6 Å². The van der Waals surface area contributed by atoms with Crippen LogP contribution >= 0.6 is 23.2 Å². The number of rotatable bonds is 13. The Morgan fingerprint density at radius 1 is 1.00 bits per heavy atom. The van der Waals surface area contributed by atoms with E-state index in [1.54, 1.807) is 12.1 Å². The average Bonchev–Trinajstić information content (AvgIpc) is 3.35. The van der Waals surface area contributed by atoms with Crippen LogP contribution in [0, 0.1) is 0 Å². The molecule has 2 aromatic carbocycles. The number of fused-ring (bicyclic) bond motifs is 1. The predicted octanol–water partition coefficient (Wildman–Crippen LogP) is 7.50. The minimum Gasteiger partial charge on any atom is -0.493 e. The molecule has 0 unspecified atom stereocenters. The van der Waals surface area contributed by atoms with Crippen LogP contribution in [0.1, 0.15) is 89.2 Å². The first kappa shape index (κ1) is 35.8. The number of H-pyrrole nitrogens is 1. The Morgan fingerprint density at radius 2 is 1.70 bits per heavy atom. The number of halogens is 2. The summed E-state index contributed by atoms with van der Waals surface area (Å²) in [7, 11) is 1.33. The zero-order chi connectivity index (χ0) is 34.7. The van der Waals surface area contributed by atoms with Crippen LogP contribution in [-0.4, -0.2) is 46.5 Å². The van der Waals surface area contributed by atoms with Crippen molar-refractivity contribution in [3.63, 3.8) is 0 Å². The number of amides is 1. The van der Waals surface area contributed by atoms with Gasteiger partial charge in [0.1, 0.15) is 5.75 Å². The van der Waals surface area contributed by atoms with E-state index in [0.717, 1.165) is 28.6 Å². The molecule has 47 heavy (non-hydrogen) atoms. The minimum absolute atomic E-state index is 0.00827. The number of nitrogens with zero attached hydrogens (tertiary/aromatic N) is 2. The number of ether oxygens (including phenoxy) is 3. The smallest absolute Gasteiger partial charge is 0.338 e. The molecule has 2 heterocycles. The molecule has 252 valence electrons. The van der Waals surface area contributed by atoms with Crippen molar-refractivity contribution in [1.82, 2.24) is 19.7 Å². The van der Waals surface area contributed by atoms with E-state index in [9.17, 15) is 14.4 Å². The molecule has 0 saturated heterocycles. The van der Waals surface area contributed by atoms with Crippen molar-refractivity contribution >= 4 is 40.7 Å². The number of hydrogen-bond donors (Lipinski definition) is 2. The molecule has 10 nitrogen and oxygen atoms in total. The molecule has 0 saturated carbocycles. The average molecular weight is 686 g/mol. The summed E-state index contributed by atoms with van der Waals surface area (Å²) in [6.45, 7) is 15.1. The number of methoxy groups -OCH3 is 1. The molecule has 0 radical (unpaired) electrons. The lowest BCUT2D eigenvalue weighted by atomic mass is 9.76. The summed E-state index contributed by atoms with van der Waals surface area (Å²) in [5, 5.41) is 3.39. The lowest BCUT2D eigenvalue weighted by Gasteiger charge is -2.30. The van der Waals surface area contributed by atoms with Gasteiger partial charge >= 0.3 is 11.7 Å². The molecule has 0 spiro atoms. The standard InChI is InChI=1S/C35H42Cl2N4O6/c1-9-34(4,5)22-13-15-26(23(19-22)35(6,7)10-2)46-17-11-16-38-30(43)28-27(21-12-14-24(36)25(37)18-21)31(47-20(3)42)41-29(28)39-32(45-8)40-33(41)44/h12-15,18-19H,9-11,16-17H2,1-8H3,(H,38,43)(H,39,40,44). The molecule has 0 bridgehead atoms. The second kappa shape index (κ2) is 14.4. The van der Waals surface area contributed by atoms with Crippen LogP contribution < -0.4 is 25.2 Å². The summed E-state index contributed by atoms with van der Waals surface area (Å²) in [4.78, 5) is 46.0. The van der Waals surface area contributed by atoms with E-state index in [4.69, 9.17) is 37.4 Å². The van der Waals surface area contributed by atoms with Gasteiger partial charge in [0.05, 0.1) is 34.9 Å². The van der Waals surface area contributed by atoms with Crippen LogP contribution in [-0.2, 0) is 15.6 Å². The van der Waals surface area contributed by atoms with Gasteiger partial charge in [0.15, 0.2) is 5.65 Å². The van der Waals surface area contributed by atoms with Crippen molar-refractivity contribution in [3.05, 3.63) is 73.6 Å². The number of esters is 1. The van der Waals surface area contributed by atoms with Crippen LogP contribution in [0.25, 0.3) is 16.8 Å². The van der Waals surface area contributed by atoms with E-state index in [2.05, 4.69) is 69.0 Å². The van der Waals surface area contributed by atoms with Gasteiger partial charge in [0.25, 0.3) is 11.9 Å². The molecule has 0 atom stereocenters. The topological polar surface area (TPSA) is 124 Å². The number of hydrogen-bond acceptors (Lipinski definition) is 7. The molecular weight excluding hydrogens is 643 g/mol. The number of aromatic nitrogens is 3. The SMILES string of the molecule is CCC(C)(C)c1ccc(OCCCNC(=O)c2c(-c3ccc(Cl)c(Cl)c3)c(OC(C)=O)n3c(=O)[nH]c(OC)nc23)c(C(C)(C)CC)c1. The molecule has 2 N–H and O–H groups in total. The van der Waals surface area contributed by atoms with Crippen LogP contribution in [0.4, 0.5) is 0 Å². The summed E-state index contributed by atoms with van der Waals surface area (Å²) in [5.41, 5.74) is 2.09. The molecule has 4 rings (SSSR count). The largest absolute Gasteiger partial charge is 0.493 e. The fourth-order valence-corrected chi connectivity index (χ4v) is 5.41. The lowest BCUT2D eigenvalue weighted by Crippen LogP contribution is -2.27. The Kier molecular flexibility index (Phi) is 11.0. The van der Waals surface area contributed by atoms with Gasteiger partial charge in [0.2, 0.25) is 5.88 Å².